The molecule has 0 aliphatic carbocycles. The van der Waals surface area contributed by atoms with Crippen molar-refractivity contribution in [3.05, 3.63) is 23.8 Å². The molecule has 4 heteroatoms. The third-order valence-electron chi connectivity index (χ3n) is 3.27. The van der Waals surface area contributed by atoms with Gasteiger partial charge in [0, 0.05) is 12.5 Å². The van der Waals surface area contributed by atoms with Gasteiger partial charge < -0.3 is 14.2 Å². The van der Waals surface area contributed by atoms with Gasteiger partial charge in [-0.2, -0.15) is 0 Å². The molecule has 0 N–H and O–H groups in total. The van der Waals surface area contributed by atoms with Crippen molar-refractivity contribution in [3.8, 4) is 11.5 Å². The molecule has 0 spiro atoms. The van der Waals surface area contributed by atoms with E-state index in [1.165, 1.54) is 19.3 Å². The quantitative estimate of drug-likeness (QED) is 0.613. The zero-order valence-corrected chi connectivity index (χ0v) is 15.3. The number of carbonyl (C=O) groups excluding carboxylic acids is 1. The van der Waals surface area contributed by atoms with Crippen LogP contribution >= 0.6 is 0 Å². The molecular weight excluding hydrogens is 292 g/mol. The SMILES string of the molecule is CCCCC.CCOC(=O)CCCc1cc(OC)cc(OC)c1. The maximum atomic E-state index is 11.2. The van der Waals surface area contributed by atoms with Gasteiger partial charge in [0.1, 0.15) is 11.5 Å². The third-order valence-corrected chi connectivity index (χ3v) is 3.27. The summed E-state index contributed by atoms with van der Waals surface area (Å²) in [5.41, 5.74) is 1.09. The molecule has 0 amide bonds. The van der Waals surface area contributed by atoms with Crippen LogP contribution in [0.4, 0.5) is 0 Å². The number of benzene rings is 1. The van der Waals surface area contributed by atoms with Crippen LogP contribution in [0, 0.1) is 0 Å². The molecule has 0 saturated heterocycles. The summed E-state index contributed by atoms with van der Waals surface area (Å²) in [6, 6.07) is 5.73. The van der Waals surface area contributed by atoms with Gasteiger partial charge in [-0.15, -0.1) is 0 Å². The van der Waals surface area contributed by atoms with Crippen LogP contribution in [0.1, 0.15) is 58.4 Å². The van der Waals surface area contributed by atoms with Gasteiger partial charge in [-0.1, -0.05) is 33.1 Å². The summed E-state index contributed by atoms with van der Waals surface area (Å²) in [4.78, 5) is 11.2. The second-order valence-corrected chi connectivity index (χ2v) is 5.23. The first kappa shape index (κ1) is 21.3. The zero-order chi connectivity index (χ0) is 17.5. The van der Waals surface area contributed by atoms with Crippen LogP contribution in [0.25, 0.3) is 0 Å². The zero-order valence-electron chi connectivity index (χ0n) is 15.3. The van der Waals surface area contributed by atoms with Gasteiger partial charge in [0.2, 0.25) is 0 Å². The minimum Gasteiger partial charge on any atom is -0.497 e. The largest absolute Gasteiger partial charge is 0.497 e. The van der Waals surface area contributed by atoms with Crippen molar-refractivity contribution in [2.45, 2.75) is 59.3 Å². The standard InChI is InChI=1S/C14H20O4.C5H12/c1-4-18-14(15)7-5-6-11-8-12(16-2)10-13(9-11)17-3;1-3-5-4-2/h8-10H,4-7H2,1-3H3;3-5H2,1-2H3. The average molecular weight is 324 g/mol. The van der Waals surface area contributed by atoms with Crippen LogP contribution in [0.5, 0.6) is 11.5 Å². The predicted octanol–water partition coefficient (Wildman–Crippen LogP) is 4.79. The van der Waals surface area contributed by atoms with E-state index < -0.39 is 0 Å². The van der Waals surface area contributed by atoms with E-state index >= 15 is 0 Å². The fourth-order valence-corrected chi connectivity index (χ4v) is 2.03. The normalized spacial score (nSPS) is 9.61. The number of carbonyl (C=O) groups is 1. The molecule has 0 fully saturated rings. The Kier molecular flexibility index (Phi) is 12.9. The Hall–Kier alpha value is -1.71. The third kappa shape index (κ3) is 10.6. The second kappa shape index (κ2) is 13.9. The number of rotatable bonds is 9. The highest BCUT2D eigenvalue weighted by Gasteiger charge is 2.05. The topological polar surface area (TPSA) is 44.8 Å². The van der Waals surface area contributed by atoms with Crippen LogP contribution in [0.2, 0.25) is 0 Å². The molecule has 0 heterocycles. The summed E-state index contributed by atoms with van der Waals surface area (Å²) in [7, 11) is 3.24. The Morgan fingerprint density at radius 2 is 1.48 bits per heavy atom. The Balaban J connectivity index is 0.000000841. The molecule has 0 atom stereocenters. The van der Waals surface area contributed by atoms with E-state index in [4.69, 9.17) is 14.2 Å². The first-order valence-electron chi connectivity index (χ1n) is 8.48. The number of esters is 1. The van der Waals surface area contributed by atoms with Crippen LogP contribution in [0.3, 0.4) is 0 Å². The van der Waals surface area contributed by atoms with Gasteiger partial charge in [0.25, 0.3) is 0 Å². The molecule has 1 aromatic carbocycles. The van der Waals surface area contributed by atoms with Crippen LogP contribution < -0.4 is 9.47 Å². The number of aryl methyl sites for hydroxylation is 1. The number of unbranched alkanes of at least 4 members (excludes halogenated alkanes) is 2. The summed E-state index contributed by atoms with van der Waals surface area (Å²) in [5.74, 6) is 1.38. The first-order chi connectivity index (χ1) is 11.1. The van der Waals surface area contributed by atoms with E-state index in [9.17, 15) is 4.79 Å². The van der Waals surface area contributed by atoms with Gasteiger partial charge in [-0.3, -0.25) is 4.79 Å². The van der Waals surface area contributed by atoms with E-state index in [2.05, 4.69) is 13.8 Å². The Morgan fingerprint density at radius 3 is 1.87 bits per heavy atom. The fraction of sp³-hybridized carbons (Fsp3) is 0.632. The minimum absolute atomic E-state index is 0.146. The predicted molar refractivity (Wildman–Crippen MR) is 94.3 cm³/mol. The van der Waals surface area contributed by atoms with Crippen LogP contribution in [0.15, 0.2) is 18.2 Å². The molecule has 23 heavy (non-hydrogen) atoms. The van der Waals surface area contributed by atoms with Crippen molar-refractivity contribution in [1.29, 1.82) is 0 Å². The highest BCUT2D eigenvalue weighted by molar-refractivity contribution is 5.69. The number of hydrogen-bond donors (Lipinski definition) is 0. The van der Waals surface area contributed by atoms with E-state index in [0.717, 1.165) is 29.9 Å². The first-order valence-corrected chi connectivity index (χ1v) is 8.48. The molecule has 0 aromatic heterocycles. The van der Waals surface area contributed by atoms with Gasteiger partial charge in [-0.05, 0) is 37.5 Å². The van der Waals surface area contributed by atoms with Gasteiger partial charge in [0.15, 0.2) is 0 Å². The van der Waals surface area contributed by atoms with Gasteiger partial charge in [0.05, 0.1) is 20.8 Å². The van der Waals surface area contributed by atoms with Crippen LogP contribution in [-0.4, -0.2) is 26.8 Å². The lowest BCUT2D eigenvalue weighted by Gasteiger charge is -2.08. The Labute approximate surface area is 141 Å². The molecule has 0 aliphatic rings. The lowest BCUT2D eigenvalue weighted by Crippen LogP contribution is -2.04. The van der Waals surface area contributed by atoms with Crippen LogP contribution in [-0.2, 0) is 16.0 Å². The molecule has 0 radical (unpaired) electrons. The lowest BCUT2D eigenvalue weighted by atomic mass is 10.1. The van der Waals surface area contributed by atoms with E-state index in [1.54, 1.807) is 14.2 Å². The lowest BCUT2D eigenvalue weighted by molar-refractivity contribution is -0.143. The molecular formula is C19H32O4. The minimum atomic E-state index is -0.146. The van der Waals surface area contributed by atoms with Crippen molar-refractivity contribution in [3.63, 3.8) is 0 Å². The molecule has 0 bridgehead atoms. The smallest absolute Gasteiger partial charge is 0.305 e. The van der Waals surface area contributed by atoms with Gasteiger partial charge in [-0.25, -0.2) is 0 Å². The molecule has 4 nitrogen and oxygen atoms in total. The molecule has 0 saturated carbocycles. The molecule has 0 unspecified atom stereocenters. The highest BCUT2D eigenvalue weighted by Crippen LogP contribution is 2.23. The monoisotopic (exact) mass is 324 g/mol. The summed E-state index contributed by atoms with van der Waals surface area (Å²) in [6.45, 7) is 6.67. The second-order valence-electron chi connectivity index (χ2n) is 5.23. The fourth-order valence-electron chi connectivity index (χ4n) is 2.03. The molecule has 1 rings (SSSR count). The number of methoxy groups -OCH3 is 2. The van der Waals surface area contributed by atoms with Crippen molar-refractivity contribution in [1.82, 2.24) is 0 Å². The van der Waals surface area contributed by atoms with Crippen molar-refractivity contribution < 1.29 is 19.0 Å². The average Bonchev–Trinajstić information content (AvgIpc) is 2.56. The van der Waals surface area contributed by atoms with Gasteiger partial charge >= 0.3 is 5.97 Å². The number of ether oxygens (including phenoxy) is 3. The molecule has 1 aromatic rings. The Morgan fingerprint density at radius 1 is 0.913 bits per heavy atom. The summed E-state index contributed by atoms with van der Waals surface area (Å²) in [6.07, 6.45) is 6.07. The summed E-state index contributed by atoms with van der Waals surface area (Å²) >= 11 is 0. The Bertz CT molecular complexity index is 405. The molecule has 0 aliphatic heterocycles. The maximum absolute atomic E-state index is 11.2. The van der Waals surface area contributed by atoms with E-state index in [1.807, 2.05) is 25.1 Å². The summed E-state index contributed by atoms with van der Waals surface area (Å²) in [5, 5.41) is 0. The maximum Gasteiger partial charge on any atom is 0.305 e. The van der Waals surface area contributed by atoms with Crippen molar-refractivity contribution >= 4 is 5.97 Å². The highest BCUT2D eigenvalue weighted by atomic mass is 16.5. The van der Waals surface area contributed by atoms with E-state index in [0.29, 0.717) is 13.0 Å². The summed E-state index contributed by atoms with van der Waals surface area (Å²) < 4.78 is 15.3. The van der Waals surface area contributed by atoms with Crippen molar-refractivity contribution in [2.75, 3.05) is 20.8 Å². The number of hydrogen-bond acceptors (Lipinski definition) is 4. The molecule has 132 valence electrons. The van der Waals surface area contributed by atoms with E-state index in [-0.39, 0.29) is 5.97 Å². The van der Waals surface area contributed by atoms with Crippen molar-refractivity contribution in [2.24, 2.45) is 0 Å².